The van der Waals surface area contributed by atoms with E-state index in [0.717, 1.165) is 0 Å². The van der Waals surface area contributed by atoms with Crippen LogP contribution in [-0.2, 0) is 19.4 Å². The first-order valence-electron chi connectivity index (χ1n) is 4.59. The number of nitrogens with one attached hydrogen (secondary N) is 1. The van der Waals surface area contributed by atoms with Crippen LogP contribution in [0, 0.1) is 5.41 Å². The second-order valence-corrected chi connectivity index (χ2v) is 6.32. The average molecular weight is 233 g/mol. The molecular weight excluding hydrogens is 222 g/mol. The fraction of sp³-hybridized carbons (Fsp3) is 0.750. The molecule has 1 amide bonds. The first kappa shape index (κ1) is 10.4. The molecular formula is C8H11NO5S. The Kier molecular flexibility index (Phi) is 2.04. The van der Waals surface area contributed by atoms with Crippen LogP contribution < -0.4 is 5.32 Å². The number of hydrogen-bond donors (Lipinski definition) is 2. The molecule has 2 unspecified atom stereocenters. The van der Waals surface area contributed by atoms with Crippen molar-refractivity contribution in [2.24, 2.45) is 5.41 Å². The van der Waals surface area contributed by atoms with Crippen LogP contribution in [0.4, 0.5) is 0 Å². The molecule has 0 aromatic heterocycles. The van der Waals surface area contributed by atoms with Crippen LogP contribution >= 0.6 is 0 Å². The average Bonchev–Trinajstić information content (AvgIpc) is 2.40. The van der Waals surface area contributed by atoms with Gasteiger partial charge in [0.1, 0.15) is 5.41 Å². The number of carboxylic acid groups (broad SMARTS) is 1. The molecule has 6 nitrogen and oxygen atoms in total. The number of amides is 1. The Balaban J connectivity index is 2.43. The summed E-state index contributed by atoms with van der Waals surface area (Å²) in [7, 11) is -3.34. The van der Waals surface area contributed by atoms with Gasteiger partial charge in [-0.3, -0.25) is 9.59 Å². The largest absolute Gasteiger partial charge is 0.481 e. The summed E-state index contributed by atoms with van der Waals surface area (Å²) in [5.41, 5.74) is -1.44. The van der Waals surface area contributed by atoms with Crippen LogP contribution in [0.1, 0.15) is 12.8 Å². The Morgan fingerprint density at radius 2 is 2.20 bits per heavy atom. The molecule has 2 atom stereocenters. The van der Waals surface area contributed by atoms with Gasteiger partial charge in [0.2, 0.25) is 5.91 Å². The summed E-state index contributed by atoms with van der Waals surface area (Å²) in [4.78, 5) is 22.3. The Labute approximate surface area is 86.6 Å². The first-order valence-corrected chi connectivity index (χ1v) is 6.41. The topological polar surface area (TPSA) is 101 Å². The summed E-state index contributed by atoms with van der Waals surface area (Å²) in [5.74, 6) is -2.06. The Morgan fingerprint density at radius 1 is 1.53 bits per heavy atom. The second kappa shape index (κ2) is 2.94. The molecule has 0 saturated carbocycles. The SMILES string of the molecule is O=C1CC2(C(=O)O)CS(=O)(=O)CCC2N1. The van der Waals surface area contributed by atoms with Crippen molar-refractivity contribution in [1.29, 1.82) is 0 Å². The van der Waals surface area contributed by atoms with Crippen molar-refractivity contribution in [2.75, 3.05) is 11.5 Å². The summed E-state index contributed by atoms with van der Waals surface area (Å²) in [6.07, 6.45) is -0.0351. The second-order valence-electron chi connectivity index (χ2n) is 4.14. The number of aliphatic carboxylic acids is 1. The zero-order valence-corrected chi connectivity index (χ0v) is 8.71. The molecule has 2 aliphatic heterocycles. The van der Waals surface area contributed by atoms with E-state index >= 15 is 0 Å². The Bertz CT molecular complexity index is 428. The number of carbonyl (C=O) groups excluding carboxylic acids is 1. The minimum Gasteiger partial charge on any atom is -0.481 e. The molecule has 0 aromatic rings. The Hall–Kier alpha value is -1.11. The highest BCUT2D eigenvalue weighted by molar-refractivity contribution is 7.91. The van der Waals surface area contributed by atoms with Gasteiger partial charge < -0.3 is 10.4 Å². The number of carboxylic acids is 1. The molecule has 2 fully saturated rings. The van der Waals surface area contributed by atoms with Gasteiger partial charge in [-0.2, -0.15) is 0 Å². The third-order valence-corrected chi connectivity index (χ3v) is 4.91. The molecule has 2 heterocycles. The quantitative estimate of drug-likeness (QED) is 0.590. The fourth-order valence-electron chi connectivity index (χ4n) is 2.34. The molecule has 0 aliphatic carbocycles. The van der Waals surface area contributed by atoms with Gasteiger partial charge in [0, 0.05) is 12.5 Å². The van der Waals surface area contributed by atoms with E-state index in [2.05, 4.69) is 5.32 Å². The minimum absolute atomic E-state index is 0.0486. The van der Waals surface area contributed by atoms with Gasteiger partial charge in [-0.25, -0.2) is 8.42 Å². The van der Waals surface area contributed by atoms with Crippen LogP contribution in [0.25, 0.3) is 0 Å². The minimum atomic E-state index is -3.34. The van der Waals surface area contributed by atoms with E-state index in [1.54, 1.807) is 0 Å². The molecule has 2 rings (SSSR count). The van der Waals surface area contributed by atoms with Crippen molar-refractivity contribution in [3.63, 3.8) is 0 Å². The number of carbonyl (C=O) groups is 2. The smallest absolute Gasteiger partial charge is 0.313 e. The van der Waals surface area contributed by atoms with Gasteiger partial charge in [0.05, 0.1) is 11.5 Å². The lowest BCUT2D eigenvalue weighted by atomic mass is 9.81. The molecule has 84 valence electrons. The molecule has 2 saturated heterocycles. The molecule has 2 N–H and O–H groups in total. The van der Waals surface area contributed by atoms with Gasteiger partial charge in [-0.15, -0.1) is 0 Å². The maximum atomic E-state index is 11.4. The van der Waals surface area contributed by atoms with Crippen LogP contribution in [0.2, 0.25) is 0 Å². The summed E-state index contributed by atoms with van der Waals surface area (Å²) < 4.78 is 22.8. The standard InChI is InChI=1S/C8H11NO5S/c10-6-3-8(7(11)12)4-15(13,14)2-1-5(8)9-6/h5H,1-4H2,(H,9,10)(H,11,12). The van der Waals surface area contributed by atoms with Gasteiger partial charge in [-0.1, -0.05) is 0 Å². The number of fused-ring (bicyclic) bond motifs is 1. The zero-order chi connectivity index (χ0) is 11.3. The van der Waals surface area contributed by atoms with Gasteiger partial charge in [-0.05, 0) is 6.42 Å². The van der Waals surface area contributed by atoms with Gasteiger partial charge in [0.25, 0.3) is 0 Å². The van der Waals surface area contributed by atoms with Crippen molar-refractivity contribution in [3.8, 4) is 0 Å². The third kappa shape index (κ3) is 1.50. The number of hydrogen-bond acceptors (Lipinski definition) is 4. The lowest BCUT2D eigenvalue weighted by Gasteiger charge is -2.33. The van der Waals surface area contributed by atoms with Crippen molar-refractivity contribution < 1.29 is 23.1 Å². The molecule has 0 bridgehead atoms. The highest BCUT2D eigenvalue weighted by atomic mass is 32.2. The van der Waals surface area contributed by atoms with Crippen LogP contribution in [0.3, 0.4) is 0 Å². The molecule has 0 spiro atoms. The van der Waals surface area contributed by atoms with Crippen LogP contribution in [0.5, 0.6) is 0 Å². The summed E-state index contributed by atoms with van der Waals surface area (Å²) in [6.45, 7) is 0. The van der Waals surface area contributed by atoms with E-state index in [4.69, 9.17) is 5.11 Å². The molecule has 0 aromatic carbocycles. The van der Waals surface area contributed by atoms with E-state index in [1.807, 2.05) is 0 Å². The normalized spacial score (nSPS) is 38.1. The van der Waals surface area contributed by atoms with E-state index in [0.29, 0.717) is 0 Å². The van der Waals surface area contributed by atoms with Crippen molar-refractivity contribution in [3.05, 3.63) is 0 Å². The zero-order valence-electron chi connectivity index (χ0n) is 7.89. The first-order chi connectivity index (χ1) is 6.86. The van der Waals surface area contributed by atoms with Gasteiger partial charge in [0.15, 0.2) is 9.84 Å². The maximum Gasteiger partial charge on any atom is 0.313 e. The summed E-state index contributed by atoms with van der Waals surface area (Å²) in [6, 6.07) is -0.536. The predicted molar refractivity (Wildman–Crippen MR) is 49.9 cm³/mol. The van der Waals surface area contributed by atoms with E-state index in [9.17, 15) is 18.0 Å². The summed E-state index contributed by atoms with van der Waals surface area (Å²) >= 11 is 0. The molecule has 0 radical (unpaired) electrons. The number of sulfone groups is 1. The predicted octanol–water partition coefficient (Wildman–Crippen LogP) is -1.24. The van der Waals surface area contributed by atoms with E-state index < -0.39 is 33.0 Å². The van der Waals surface area contributed by atoms with Crippen LogP contribution in [-0.4, -0.2) is 42.9 Å². The highest BCUT2D eigenvalue weighted by Crippen LogP contribution is 2.39. The lowest BCUT2D eigenvalue weighted by Crippen LogP contribution is -2.52. The third-order valence-electron chi connectivity index (χ3n) is 3.10. The molecule has 15 heavy (non-hydrogen) atoms. The van der Waals surface area contributed by atoms with Crippen molar-refractivity contribution in [2.45, 2.75) is 18.9 Å². The number of rotatable bonds is 1. The highest BCUT2D eigenvalue weighted by Gasteiger charge is 2.57. The Morgan fingerprint density at radius 3 is 2.80 bits per heavy atom. The molecule has 7 heteroatoms. The van der Waals surface area contributed by atoms with Crippen molar-refractivity contribution >= 4 is 21.7 Å². The van der Waals surface area contributed by atoms with Crippen molar-refractivity contribution in [1.82, 2.24) is 5.32 Å². The summed E-state index contributed by atoms with van der Waals surface area (Å²) in [5, 5.41) is 11.6. The lowest BCUT2D eigenvalue weighted by molar-refractivity contribution is -0.149. The molecule has 2 aliphatic rings. The fourth-order valence-corrected chi connectivity index (χ4v) is 4.29. The van der Waals surface area contributed by atoms with E-state index in [1.165, 1.54) is 0 Å². The van der Waals surface area contributed by atoms with Gasteiger partial charge >= 0.3 is 5.97 Å². The maximum absolute atomic E-state index is 11.4. The van der Waals surface area contributed by atoms with Crippen LogP contribution in [0.15, 0.2) is 0 Å². The monoisotopic (exact) mass is 233 g/mol. The van der Waals surface area contributed by atoms with E-state index in [-0.39, 0.29) is 24.5 Å².